The fourth-order valence-corrected chi connectivity index (χ4v) is 8.48. The number of allylic oxidation sites excluding steroid dienone is 1. The highest BCUT2D eigenvalue weighted by molar-refractivity contribution is 5.25. The van der Waals surface area contributed by atoms with Gasteiger partial charge in [-0.05, 0) is 111 Å². The first-order valence-corrected chi connectivity index (χ1v) is 12.6. The first kappa shape index (κ1) is 20.6. The quantitative estimate of drug-likeness (QED) is 0.524. The largest absolute Gasteiger partial charge is 0.393 e. The van der Waals surface area contributed by atoms with Gasteiger partial charge in [-0.25, -0.2) is 0 Å². The van der Waals surface area contributed by atoms with Gasteiger partial charge in [0.1, 0.15) is 0 Å². The van der Waals surface area contributed by atoms with E-state index in [9.17, 15) is 10.2 Å². The summed E-state index contributed by atoms with van der Waals surface area (Å²) in [5.41, 5.74) is 2.32. The average molecular weight is 404 g/mol. The molecule has 0 amide bonds. The maximum atomic E-state index is 10.4. The molecule has 0 bridgehead atoms. The number of fused-ring (bicyclic) bond motifs is 5. The molecule has 2 nitrogen and oxygen atoms in total. The molecule has 0 heterocycles. The van der Waals surface area contributed by atoms with Crippen LogP contribution >= 0.6 is 0 Å². The van der Waals surface area contributed by atoms with Crippen molar-refractivity contribution in [3.8, 4) is 0 Å². The predicted molar refractivity (Wildman–Crippen MR) is 120 cm³/mol. The van der Waals surface area contributed by atoms with Gasteiger partial charge in [-0.15, -0.1) is 0 Å². The van der Waals surface area contributed by atoms with Gasteiger partial charge in [0.15, 0.2) is 0 Å². The van der Waals surface area contributed by atoms with E-state index in [0.717, 1.165) is 42.9 Å². The molecule has 0 unspecified atom stereocenters. The molecule has 2 heteroatoms. The highest BCUT2D eigenvalue weighted by Crippen LogP contribution is 2.67. The first-order chi connectivity index (χ1) is 14.0. The Bertz CT molecular complexity index is 670. The van der Waals surface area contributed by atoms with Gasteiger partial charge in [0.25, 0.3) is 0 Å². The van der Waals surface area contributed by atoms with E-state index in [1.54, 1.807) is 5.57 Å². The lowest BCUT2D eigenvalue weighted by molar-refractivity contribution is -0.0579. The number of hydrogen-bond acceptors (Lipinski definition) is 2. The summed E-state index contributed by atoms with van der Waals surface area (Å²) in [6, 6.07) is 0. The van der Waals surface area contributed by atoms with Crippen LogP contribution in [0.25, 0.3) is 0 Å². The molecule has 0 aromatic heterocycles. The average Bonchev–Trinajstić information content (AvgIpc) is 3.04. The molecule has 0 aromatic carbocycles. The lowest BCUT2D eigenvalue weighted by atomic mass is 9.47. The molecular formula is C27H46O2. The number of aliphatic hydroxyl groups is 2. The second kappa shape index (κ2) is 7.97. The fourth-order valence-electron chi connectivity index (χ4n) is 8.48. The molecule has 0 aliphatic heterocycles. The minimum Gasteiger partial charge on any atom is -0.393 e. The van der Waals surface area contributed by atoms with Crippen molar-refractivity contribution < 1.29 is 11.6 Å². The van der Waals surface area contributed by atoms with E-state index in [4.69, 9.17) is 1.37 Å². The van der Waals surface area contributed by atoms with Crippen molar-refractivity contribution in [1.29, 1.82) is 0 Å². The van der Waals surface area contributed by atoms with Crippen LogP contribution in [0.1, 0.15) is 100 Å². The van der Waals surface area contributed by atoms with E-state index in [1.165, 1.54) is 38.5 Å². The molecular weight excluding hydrogens is 356 g/mol. The van der Waals surface area contributed by atoms with E-state index in [2.05, 4.69) is 26.8 Å². The highest BCUT2D eigenvalue weighted by Gasteiger charge is 2.59. The summed E-state index contributed by atoms with van der Waals surface area (Å²) in [5.74, 6) is 3.75. The summed E-state index contributed by atoms with van der Waals surface area (Å²) in [6.45, 7) is 11.4. The van der Waals surface area contributed by atoms with Crippen LogP contribution in [0.15, 0.2) is 11.6 Å². The van der Waals surface area contributed by atoms with Crippen LogP contribution in [0.4, 0.5) is 0 Å². The van der Waals surface area contributed by atoms with Crippen molar-refractivity contribution in [3.05, 3.63) is 11.6 Å². The van der Waals surface area contributed by atoms with Crippen LogP contribution in [-0.2, 0) is 0 Å². The van der Waals surface area contributed by atoms with Crippen LogP contribution in [0.3, 0.4) is 0 Å². The second-order valence-electron chi connectivity index (χ2n) is 12.0. The van der Waals surface area contributed by atoms with Crippen LogP contribution in [0.5, 0.6) is 0 Å². The Kier molecular flexibility index (Phi) is 5.65. The summed E-state index contributed by atoms with van der Waals surface area (Å²) < 4.78 is 8.25. The monoisotopic (exact) mass is 403 g/mol. The van der Waals surface area contributed by atoms with Crippen LogP contribution in [0.2, 0.25) is 0 Å². The molecule has 4 rings (SSSR count). The minimum atomic E-state index is -1.28. The third kappa shape index (κ3) is 3.65. The Balaban J connectivity index is 1.49. The Morgan fingerprint density at radius 1 is 1.07 bits per heavy atom. The van der Waals surface area contributed by atoms with Crippen molar-refractivity contribution >= 4 is 0 Å². The highest BCUT2D eigenvalue weighted by atomic mass is 16.3. The van der Waals surface area contributed by atoms with Gasteiger partial charge in [0.05, 0.1) is 13.6 Å². The Labute approximate surface area is 181 Å². The van der Waals surface area contributed by atoms with Crippen LogP contribution in [0, 0.1) is 46.3 Å². The summed E-state index contributed by atoms with van der Waals surface area (Å²) in [7, 11) is 0. The summed E-state index contributed by atoms with van der Waals surface area (Å²) in [4.78, 5) is 0. The Morgan fingerprint density at radius 3 is 2.55 bits per heavy atom. The summed E-state index contributed by atoms with van der Waals surface area (Å²) in [6.07, 6.45) is 12.4. The Hall–Kier alpha value is -0.340. The third-order valence-corrected chi connectivity index (χ3v) is 10.4. The van der Waals surface area contributed by atoms with Gasteiger partial charge in [-0.2, -0.15) is 0 Å². The predicted octanol–water partition coefficient (Wildman–Crippen LogP) is 6.36. The fraction of sp³-hybridized carbons (Fsp3) is 0.926. The Morgan fingerprint density at radius 2 is 1.83 bits per heavy atom. The van der Waals surface area contributed by atoms with E-state index < -0.39 is 6.08 Å². The zero-order chi connectivity index (χ0) is 21.9. The van der Waals surface area contributed by atoms with E-state index in [-0.39, 0.29) is 12.0 Å². The third-order valence-electron chi connectivity index (χ3n) is 10.4. The SMILES string of the molecule is [2H][C@@](O)(CC[C@@H](C)[C@H]1CC[C@H]2[C@@H]3CC=C4C[C@@H](O)CC[C@]4(C)[C@H]3CC[C@]12C)C(C)C. The summed E-state index contributed by atoms with van der Waals surface area (Å²) >= 11 is 0. The molecule has 0 radical (unpaired) electrons. The first-order valence-electron chi connectivity index (χ1n) is 13.1. The van der Waals surface area contributed by atoms with E-state index in [0.29, 0.717) is 23.2 Å². The molecule has 3 fully saturated rings. The second-order valence-corrected chi connectivity index (χ2v) is 12.0. The molecule has 0 aromatic rings. The molecule has 29 heavy (non-hydrogen) atoms. The van der Waals surface area contributed by atoms with Crippen LogP contribution < -0.4 is 0 Å². The lowest BCUT2D eigenvalue weighted by Gasteiger charge is -2.58. The zero-order valence-electron chi connectivity index (χ0n) is 20.6. The normalized spacial score (nSPS) is 48.1. The minimum absolute atomic E-state index is 0.00923. The number of hydrogen-bond donors (Lipinski definition) is 2. The zero-order valence-corrected chi connectivity index (χ0v) is 19.6. The van der Waals surface area contributed by atoms with Gasteiger partial charge in [0.2, 0.25) is 0 Å². The van der Waals surface area contributed by atoms with Crippen molar-refractivity contribution in [2.24, 2.45) is 46.3 Å². The van der Waals surface area contributed by atoms with Gasteiger partial charge in [-0.3, -0.25) is 0 Å². The van der Waals surface area contributed by atoms with Gasteiger partial charge in [-0.1, -0.05) is 46.3 Å². The molecule has 166 valence electrons. The molecule has 4 aliphatic rings. The van der Waals surface area contributed by atoms with E-state index in [1.807, 2.05) is 13.8 Å². The maximum absolute atomic E-state index is 10.4. The molecule has 0 saturated heterocycles. The van der Waals surface area contributed by atoms with Crippen molar-refractivity contribution in [2.45, 2.75) is 111 Å². The topological polar surface area (TPSA) is 40.5 Å². The molecule has 0 spiro atoms. The van der Waals surface area contributed by atoms with Crippen molar-refractivity contribution in [3.63, 3.8) is 0 Å². The van der Waals surface area contributed by atoms with Crippen molar-refractivity contribution in [1.82, 2.24) is 0 Å². The molecule has 3 saturated carbocycles. The number of aliphatic hydroxyl groups excluding tert-OH is 1. The van der Waals surface area contributed by atoms with E-state index >= 15 is 0 Å². The summed E-state index contributed by atoms with van der Waals surface area (Å²) in [5, 5.41) is 20.6. The van der Waals surface area contributed by atoms with Gasteiger partial charge in [0, 0.05) is 0 Å². The van der Waals surface area contributed by atoms with Crippen molar-refractivity contribution in [2.75, 3.05) is 0 Å². The maximum Gasteiger partial charge on any atom is 0.0603 e. The molecule has 4 aliphatic carbocycles. The lowest BCUT2D eigenvalue weighted by Crippen LogP contribution is -2.50. The molecule has 2 N–H and O–H groups in total. The van der Waals surface area contributed by atoms with Crippen LogP contribution in [-0.4, -0.2) is 22.4 Å². The smallest absolute Gasteiger partial charge is 0.0603 e. The number of rotatable bonds is 5. The standard InChI is InChI=1S/C27H46O2/c1-17(2)25(29)11-6-18(3)22-9-10-23-21-8-7-19-16-20(28)12-14-26(19,4)24(21)13-15-27(22,23)5/h7,17-18,20-25,28-29H,6,8-16H2,1-5H3/t18-,20+,21+,22-,23+,24+,25-,26+,27-/m1/s1/i25D. The van der Waals surface area contributed by atoms with Gasteiger partial charge < -0.3 is 10.2 Å². The van der Waals surface area contributed by atoms with Gasteiger partial charge >= 0.3 is 0 Å². The molecule has 9 atom stereocenters.